The molecule has 1 saturated carbocycles. The quantitative estimate of drug-likeness (QED) is 0.0715. The topological polar surface area (TPSA) is 207 Å². The number of benzene rings is 2. The number of nitrogens with zero attached hydrogens (tertiary/aromatic N) is 9. The van der Waals surface area contributed by atoms with Gasteiger partial charge in [-0.2, -0.15) is 15.2 Å². The number of guanidine groups is 1. The normalized spacial score (nSPS) is 21.4. The third kappa shape index (κ3) is 7.66. The largest absolute Gasteiger partial charge is 0.388 e. The molecule has 0 unspecified atom stereocenters. The van der Waals surface area contributed by atoms with Crippen molar-refractivity contribution >= 4 is 34.8 Å². The lowest BCUT2D eigenvalue weighted by atomic mass is 9.91. The number of amides is 1. The van der Waals surface area contributed by atoms with E-state index in [0.717, 1.165) is 16.7 Å². The summed E-state index contributed by atoms with van der Waals surface area (Å²) in [6.45, 7) is 3.76. The standard InChI is InChI=1S/C39H44N12O3/c1-2-32(52)46-30-18-31(35(54)34(30)53)51-24-45-33-36(43-20-29(26-11-5-3-6-12-26)27-13-7-4-8-14-27)47-39(48-37(33)51)49-17-15-28(22-49)50(38(41)44-23-40)21-25-10-9-16-42-19-25/h3-14,16,19,24,28-31,34-35,53-54H,2,15,17-18,20-22H2,1H3,(H2,41,44)(H,46,52)(H,43,47,48)/t28-,30+,31-,34-,35+/m1/s1. The van der Waals surface area contributed by atoms with Crippen molar-refractivity contribution in [1.82, 2.24) is 34.7 Å². The van der Waals surface area contributed by atoms with Crippen molar-refractivity contribution in [2.24, 2.45) is 10.7 Å². The number of carbonyl (C=O) groups is 1. The second-order valence-electron chi connectivity index (χ2n) is 13.7. The van der Waals surface area contributed by atoms with E-state index in [2.05, 4.69) is 49.8 Å². The van der Waals surface area contributed by atoms with Crippen LogP contribution in [0.15, 0.2) is 96.5 Å². The fraction of sp³-hybridized carbons (Fsp3) is 0.359. The van der Waals surface area contributed by atoms with Crippen LogP contribution in [0.3, 0.4) is 0 Å². The Hall–Kier alpha value is -6.11. The maximum absolute atomic E-state index is 12.3. The molecule has 2 aliphatic rings. The summed E-state index contributed by atoms with van der Waals surface area (Å²) < 4.78 is 1.78. The van der Waals surface area contributed by atoms with Gasteiger partial charge in [0.15, 0.2) is 17.0 Å². The van der Waals surface area contributed by atoms with Crippen molar-refractivity contribution in [1.29, 1.82) is 5.26 Å². The number of nitrogens with two attached hydrogens (primary N) is 1. The van der Waals surface area contributed by atoms with Gasteiger partial charge in [0.05, 0.1) is 24.5 Å². The van der Waals surface area contributed by atoms with Crippen LogP contribution in [-0.2, 0) is 11.3 Å². The highest BCUT2D eigenvalue weighted by molar-refractivity contribution is 5.85. The van der Waals surface area contributed by atoms with E-state index >= 15 is 0 Å². The summed E-state index contributed by atoms with van der Waals surface area (Å²) in [4.78, 5) is 39.2. The molecule has 6 N–H and O–H groups in total. The average molecular weight is 729 g/mol. The molecule has 2 aromatic carbocycles. The molecule has 0 bridgehead atoms. The summed E-state index contributed by atoms with van der Waals surface area (Å²) in [6, 6.07) is 23.0. The van der Waals surface area contributed by atoms with Gasteiger partial charge in [-0.3, -0.25) is 9.78 Å². The Morgan fingerprint density at radius 2 is 1.81 bits per heavy atom. The molecule has 4 heterocycles. The lowest BCUT2D eigenvalue weighted by Gasteiger charge is -2.29. The Labute approximate surface area is 313 Å². The molecule has 15 heteroatoms. The molecule has 5 aromatic rings. The number of hydrogen-bond acceptors (Lipinski definition) is 11. The highest BCUT2D eigenvalue weighted by atomic mass is 16.3. The average Bonchev–Trinajstić information content (AvgIpc) is 3.93. The van der Waals surface area contributed by atoms with Gasteiger partial charge in [0, 0.05) is 50.9 Å². The van der Waals surface area contributed by atoms with Gasteiger partial charge in [-0.25, -0.2) is 4.98 Å². The van der Waals surface area contributed by atoms with E-state index in [1.54, 1.807) is 30.2 Å². The number of pyridine rings is 1. The first-order valence-corrected chi connectivity index (χ1v) is 18.2. The van der Waals surface area contributed by atoms with Crippen molar-refractivity contribution in [3.8, 4) is 6.19 Å². The molecule has 54 heavy (non-hydrogen) atoms. The van der Waals surface area contributed by atoms with Crippen molar-refractivity contribution < 1.29 is 15.0 Å². The van der Waals surface area contributed by atoms with E-state index in [9.17, 15) is 20.3 Å². The summed E-state index contributed by atoms with van der Waals surface area (Å²) >= 11 is 0. The summed E-state index contributed by atoms with van der Waals surface area (Å²) in [5, 5.41) is 38.0. The van der Waals surface area contributed by atoms with Gasteiger partial charge in [-0.05, 0) is 35.6 Å². The molecular formula is C39H44N12O3. The smallest absolute Gasteiger partial charge is 0.229 e. The van der Waals surface area contributed by atoms with Gasteiger partial charge >= 0.3 is 0 Å². The zero-order chi connectivity index (χ0) is 37.6. The number of nitrogens with one attached hydrogen (secondary N) is 2. The third-order valence-electron chi connectivity index (χ3n) is 10.4. The van der Waals surface area contributed by atoms with Gasteiger partial charge < -0.3 is 40.9 Å². The Morgan fingerprint density at radius 3 is 2.48 bits per heavy atom. The zero-order valence-electron chi connectivity index (χ0n) is 30.0. The fourth-order valence-electron chi connectivity index (χ4n) is 7.52. The Bertz CT molecular complexity index is 2070. The third-order valence-corrected chi connectivity index (χ3v) is 10.4. The lowest BCUT2D eigenvalue weighted by Crippen LogP contribution is -2.45. The van der Waals surface area contributed by atoms with E-state index in [4.69, 9.17) is 20.7 Å². The van der Waals surface area contributed by atoms with Crippen LogP contribution < -0.4 is 21.3 Å². The Kier molecular flexibility index (Phi) is 10.9. The highest BCUT2D eigenvalue weighted by Crippen LogP contribution is 2.36. The van der Waals surface area contributed by atoms with Crippen LogP contribution >= 0.6 is 0 Å². The first-order chi connectivity index (χ1) is 26.3. The number of nitriles is 1. The number of carbonyl (C=O) groups excluding carboxylic acids is 1. The fourth-order valence-corrected chi connectivity index (χ4v) is 7.52. The number of aliphatic hydroxyl groups is 2. The molecule has 1 aliphatic heterocycles. The van der Waals surface area contributed by atoms with E-state index < -0.39 is 24.3 Å². The molecule has 1 aliphatic carbocycles. The summed E-state index contributed by atoms with van der Waals surface area (Å²) in [5.74, 6) is 0.891. The Morgan fingerprint density at radius 1 is 1.07 bits per heavy atom. The van der Waals surface area contributed by atoms with Crippen molar-refractivity contribution in [3.63, 3.8) is 0 Å². The van der Waals surface area contributed by atoms with E-state index in [1.807, 2.05) is 59.6 Å². The van der Waals surface area contributed by atoms with Gasteiger partial charge in [-0.1, -0.05) is 73.7 Å². The minimum Gasteiger partial charge on any atom is -0.388 e. The zero-order valence-corrected chi connectivity index (χ0v) is 30.0. The molecule has 2 fully saturated rings. The second kappa shape index (κ2) is 16.3. The maximum Gasteiger partial charge on any atom is 0.229 e. The number of aromatic nitrogens is 5. The van der Waals surface area contributed by atoms with Crippen LogP contribution in [0.1, 0.15) is 54.8 Å². The molecule has 3 aromatic heterocycles. The van der Waals surface area contributed by atoms with Crippen LogP contribution in [-0.4, -0.2) is 95.4 Å². The van der Waals surface area contributed by atoms with E-state index in [0.29, 0.717) is 55.5 Å². The minimum absolute atomic E-state index is 0.00251. The maximum atomic E-state index is 12.3. The van der Waals surface area contributed by atoms with Crippen LogP contribution in [0.4, 0.5) is 11.8 Å². The molecule has 278 valence electrons. The van der Waals surface area contributed by atoms with Crippen LogP contribution in [0.2, 0.25) is 0 Å². The predicted octanol–water partition coefficient (Wildman–Crippen LogP) is 2.90. The highest BCUT2D eigenvalue weighted by Gasteiger charge is 2.44. The SMILES string of the molecule is CCC(=O)N[C@H]1C[C@@H](n2cnc3c(NCC(c4ccccc4)c4ccccc4)nc(N4CC[C@@H](N(Cc5cccnc5)C(N)=NC#N)C4)nc32)[C@H](O)[C@@H]1O. The predicted molar refractivity (Wildman–Crippen MR) is 204 cm³/mol. The number of aliphatic hydroxyl groups excluding tert-OH is 2. The van der Waals surface area contributed by atoms with Crippen molar-refractivity contribution in [2.75, 3.05) is 29.9 Å². The number of anilines is 2. The monoisotopic (exact) mass is 728 g/mol. The van der Waals surface area contributed by atoms with E-state index in [-0.39, 0.29) is 36.7 Å². The van der Waals surface area contributed by atoms with E-state index in [1.165, 1.54) is 0 Å². The number of imidazole rings is 1. The lowest BCUT2D eigenvalue weighted by molar-refractivity contribution is -0.122. The molecule has 1 saturated heterocycles. The molecule has 0 radical (unpaired) electrons. The summed E-state index contributed by atoms with van der Waals surface area (Å²) in [6.07, 6.45) is 5.82. The number of rotatable bonds is 12. The van der Waals surface area contributed by atoms with Gasteiger partial charge in [0.1, 0.15) is 12.2 Å². The minimum atomic E-state index is -1.17. The van der Waals surface area contributed by atoms with Crippen molar-refractivity contribution in [3.05, 3.63) is 108 Å². The van der Waals surface area contributed by atoms with Gasteiger partial charge in [0.2, 0.25) is 24.0 Å². The molecule has 0 spiro atoms. The molecule has 15 nitrogen and oxygen atoms in total. The second-order valence-corrected chi connectivity index (χ2v) is 13.7. The molecule has 5 atom stereocenters. The first-order valence-electron chi connectivity index (χ1n) is 18.2. The molecule has 7 rings (SSSR count). The number of aliphatic imine (C=N–C) groups is 1. The number of fused-ring (bicyclic) bond motifs is 1. The van der Waals surface area contributed by atoms with Gasteiger partial charge in [-0.15, -0.1) is 4.99 Å². The van der Waals surface area contributed by atoms with Gasteiger partial charge in [0.25, 0.3) is 0 Å². The van der Waals surface area contributed by atoms with Crippen LogP contribution in [0, 0.1) is 11.5 Å². The summed E-state index contributed by atoms with van der Waals surface area (Å²) in [5.41, 5.74) is 10.6. The van der Waals surface area contributed by atoms with Crippen LogP contribution in [0.25, 0.3) is 11.2 Å². The van der Waals surface area contributed by atoms with Crippen molar-refractivity contribution in [2.45, 2.75) is 69.0 Å². The number of hydrogen-bond donors (Lipinski definition) is 5. The molecular weight excluding hydrogens is 685 g/mol. The first kappa shape index (κ1) is 36.3. The Balaban J connectivity index is 1.24. The molecule has 1 amide bonds. The van der Waals surface area contributed by atoms with Crippen LogP contribution in [0.5, 0.6) is 0 Å². The summed E-state index contributed by atoms with van der Waals surface area (Å²) in [7, 11) is 0.